The van der Waals surface area contributed by atoms with Gasteiger partial charge in [-0.05, 0) is 12.3 Å². The number of rotatable bonds is 7. The van der Waals surface area contributed by atoms with Crippen LogP contribution < -0.4 is 0 Å². The van der Waals surface area contributed by atoms with Crippen LogP contribution in [0.3, 0.4) is 0 Å². The van der Waals surface area contributed by atoms with E-state index in [2.05, 4.69) is 10.1 Å². The topological polar surface area (TPSA) is 69.0 Å². The monoisotopic (exact) mass is 358 g/mol. The lowest BCUT2D eigenvalue weighted by molar-refractivity contribution is -0.128. The standard InChI is InChI=1S/C14H19ClN4O3S/c1-21-4-3-9-5-12(20)18(6-9)7-10-13(15)16-14-19(10)17-11(23-14)8-22-2/h9H,3-8H2,1-2H3. The Morgan fingerprint density at radius 3 is 2.96 bits per heavy atom. The normalized spacial score (nSPS) is 18.5. The molecule has 3 heterocycles. The van der Waals surface area contributed by atoms with Crippen molar-refractivity contribution in [3.05, 3.63) is 15.9 Å². The summed E-state index contributed by atoms with van der Waals surface area (Å²) < 4.78 is 11.9. The zero-order chi connectivity index (χ0) is 16.4. The Morgan fingerprint density at radius 2 is 2.22 bits per heavy atom. The molecular weight excluding hydrogens is 340 g/mol. The van der Waals surface area contributed by atoms with E-state index >= 15 is 0 Å². The molecular formula is C14H19ClN4O3S. The van der Waals surface area contributed by atoms with Crippen LogP contribution in [0.5, 0.6) is 0 Å². The van der Waals surface area contributed by atoms with E-state index in [-0.39, 0.29) is 5.91 Å². The lowest BCUT2D eigenvalue weighted by atomic mass is 10.1. The van der Waals surface area contributed by atoms with Crippen LogP contribution in [0.25, 0.3) is 4.96 Å². The number of hydrogen-bond donors (Lipinski definition) is 0. The number of carbonyl (C=O) groups excluding carboxylic acids is 1. The molecule has 0 bridgehead atoms. The molecule has 1 fully saturated rings. The second-order valence-corrected chi connectivity index (χ2v) is 7.00. The minimum absolute atomic E-state index is 0.143. The maximum Gasteiger partial charge on any atom is 0.223 e. The number of halogens is 1. The van der Waals surface area contributed by atoms with Crippen molar-refractivity contribution in [2.24, 2.45) is 5.92 Å². The molecule has 1 saturated heterocycles. The summed E-state index contributed by atoms with van der Waals surface area (Å²) in [5.41, 5.74) is 0.751. The summed E-state index contributed by atoms with van der Waals surface area (Å²) in [5, 5.41) is 5.70. The molecule has 0 aliphatic carbocycles. The molecule has 2 aromatic rings. The molecule has 9 heteroatoms. The average molecular weight is 359 g/mol. The van der Waals surface area contributed by atoms with Crippen LogP contribution in [0.1, 0.15) is 23.5 Å². The highest BCUT2D eigenvalue weighted by atomic mass is 35.5. The van der Waals surface area contributed by atoms with Crippen molar-refractivity contribution < 1.29 is 14.3 Å². The highest BCUT2D eigenvalue weighted by molar-refractivity contribution is 7.16. The smallest absolute Gasteiger partial charge is 0.223 e. The van der Waals surface area contributed by atoms with Gasteiger partial charge in [0.1, 0.15) is 10.7 Å². The summed E-state index contributed by atoms with van der Waals surface area (Å²) in [6.07, 6.45) is 1.46. The highest BCUT2D eigenvalue weighted by Gasteiger charge is 2.31. The summed E-state index contributed by atoms with van der Waals surface area (Å²) in [7, 11) is 3.30. The van der Waals surface area contributed by atoms with Crippen LogP contribution in [0, 0.1) is 5.92 Å². The first-order valence-corrected chi connectivity index (χ1v) is 8.60. The molecule has 0 radical (unpaired) electrons. The van der Waals surface area contributed by atoms with Gasteiger partial charge >= 0.3 is 0 Å². The number of imidazole rings is 1. The molecule has 1 aliphatic rings. The molecule has 126 valence electrons. The average Bonchev–Trinajstić information content (AvgIpc) is 3.13. The largest absolute Gasteiger partial charge is 0.385 e. The van der Waals surface area contributed by atoms with Gasteiger partial charge in [0.25, 0.3) is 0 Å². The van der Waals surface area contributed by atoms with E-state index in [1.807, 2.05) is 4.90 Å². The third-order valence-electron chi connectivity index (χ3n) is 3.92. The number of carbonyl (C=O) groups is 1. The van der Waals surface area contributed by atoms with Gasteiger partial charge in [0, 0.05) is 33.8 Å². The van der Waals surface area contributed by atoms with Crippen LogP contribution >= 0.6 is 22.9 Å². The summed E-state index contributed by atoms with van der Waals surface area (Å²) >= 11 is 7.67. The number of hydrogen-bond acceptors (Lipinski definition) is 6. The zero-order valence-electron chi connectivity index (χ0n) is 13.1. The second-order valence-electron chi connectivity index (χ2n) is 5.60. The van der Waals surface area contributed by atoms with E-state index in [1.54, 1.807) is 18.7 Å². The Hall–Kier alpha value is -1.22. The molecule has 7 nitrogen and oxygen atoms in total. The fraction of sp³-hybridized carbons (Fsp3) is 0.643. The van der Waals surface area contributed by atoms with Crippen LogP contribution in [0.4, 0.5) is 0 Å². The molecule has 23 heavy (non-hydrogen) atoms. The van der Waals surface area contributed by atoms with Crippen LogP contribution in [0.15, 0.2) is 0 Å². The molecule has 0 N–H and O–H groups in total. The van der Waals surface area contributed by atoms with Gasteiger partial charge in [0.05, 0.1) is 13.2 Å². The van der Waals surface area contributed by atoms with E-state index < -0.39 is 0 Å². The lowest BCUT2D eigenvalue weighted by Crippen LogP contribution is -2.25. The van der Waals surface area contributed by atoms with Gasteiger partial charge < -0.3 is 14.4 Å². The zero-order valence-corrected chi connectivity index (χ0v) is 14.7. The van der Waals surface area contributed by atoms with Gasteiger partial charge in [0.15, 0.2) is 5.15 Å². The van der Waals surface area contributed by atoms with Crippen molar-refractivity contribution in [1.82, 2.24) is 19.5 Å². The van der Waals surface area contributed by atoms with Crippen LogP contribution in [-0.4, -0.2) is 52.8 Å². The number of nitrogens with zero attached hydrogens (tertiary/aromatic N) is 4. The summed E-state index contributed by atoms with van der Waals surface area (Å²) in [5.74, 6) is 0.480. The Labute approximate surface area is 143 Å². The number of aromatic nitrogens is 3. The van der Waals surface area contributed by atoms with Crippen molar-refractivity contribution in [2.75, 3.05) is 27.4 Å². The Kier molecular flexibility index (Phi) is 5.15. The van der Waals surface area contributed by atoms with E-state index in [9.17, 15) is 4.79 Å². The van der Waals surface area contributed by atoms with Crippen molar-refractivity contribution in [1.29, 1.82) is 0 Å². The Balaban J connectivity index is 1.75. The van der Waals surface area contributed by atoms with E-state index in [1.165, 1.54) is 11.3 Å². The van der Waals surface area contributed by atoms with Crippen LogP contribution in [0.2, 0.25) is 5.15 Å². The molecule has 0 aromatic carbocycles. The first-order valence-electron chi connectivity index (χ1n) is 7.40. The van der Waals surface area contributed by atoms with E-state index in [0.717, 1.165) is 28.6 Å². The highest BCUT2D eigenvalue weighted by Crippen LogP contribution is 2.27. The Bertz CT molecular complexity index is 702. The van der Waals surface area contributed by atoms with E-state index in [4.69, 9.17) is 21.1 Å². The Morgan fingerprint density at radius 1 is 1.39 bits per heavy atom. The van der Waals surface area contributed by atoms with Crippen molar-refractivity contribution >= 4 is 33.8 Å². The maximum atomic E-state index is 12.2. The molecule has 0 saturated carbocycles. The quantitative estimate of drug-likeness (QED) is 0.757. The summed E-state index contributed by atoms with van der Waals surface area (Å²) in [6, 6.07) is 0. The number of methoxy groups -OCH3 is 2. The fourth-order valence-electron chi connectivity index (χ4n) is 2.78. The molecule has 2 aromatic heterocycles. The van der Waals surface area contributed by atoms with Gasteiger partial charge in [-0.2, -0.15) is 5.10 Å². The summed E-state index contributed by atoms with van der Waals surface area (Å²) in [4.78, 5) is 19.1. The van der Waals surface area contributed by atoms with Gasteiger partial charge in [-0.3, -0.25) is 4.79 Å². The third kappa shape index (κ3) is 3.50. The number of fused-ring (bicyclic) bond motifs is 1. The SMILES string of the molecule is COCCC1CC(=O)N(Cc2c(Cl)nc3sc(COC)nn23)C1. The predicted octanol–water partition coefficient (Wildman–Crippen LogP) is 1.98. The predicted molar refractivity (Wildman–Crippen MR) is 86.6 cm³/mol. The first kappa shape index (κ1) is 16.6. The molecule has 1 aliphatic heterocycles. The third-order valence-corrected chi connectivity index (χ3v) is 5.11. The van der Waals surface area contributed by atoms with Gasteiger partial charge in [-0.25, -0.2) is 9.50 Å². The molecule has 1 atom stereocenters. The maximum absolute atomic E-state index is 12.2. The van der Waals surface area contributed by atoms with Gasteiger partial charge in [0.2, 0.25) is 10.9 Å². The molecule has 1 unspecified atom stereocenters. The van der Waals surface area contributed by atoms with E-state index in [0.29, 0.717) is 37.3 Å². The van der Waals surface area contributed by atoms with Gasteiger partial charge in [-0.1, -0.05) is 22.9 Å². The number of ether oxygens (including phenoxy) is 2. The van der Waals surface area contributed by atoms with Crippen molar-refractivity contribution in [3.63, 3.8) is 0 Å². The number of likely N-dealkylation sites (tertiary alicyclic amines) is 1. The molecule has 1 amide bonds. The molecule has 0 spiro atoms. The summed E-state index contributed by atoms with van der Waals surface area (Å²) in [6.45, 7) is 2.27. The minimum Gasteiger partial charge on any atom is -0.385 e. The number of amides is 1. The first-order chi connectivity index (χ1) is 11.1. The van der Waals surface area contributed by atoms with Gasteiger partial charge in [-0.15, -0.1) is 0 Å². The van der Waals surface area contributed by atoms with Crippen LogP contribution in [-0.2, 0) is 27.4 Å². The van der Waals surface area contributed by atoms with Crippen molar-refractivity contribution in [3.8, 4) is 0 Å². The second kappa shape index (κ2) is 7.12. The molecule has 3 rings (SSSR count). The fourth-order valence-corrected chi connectivity index (χ4v) is 3.94. The van der Waals surface area contributed by atoms with Crippen molar-refractivity contribution in [2.45, 2.75) is 26.0 Å². The minimum atomic E-state index is 0.143. The lowest BCUT2D eigenvalue weighted by Gasteiger charge is -2.16.